The van der Waals surface area contributed by atoms with Gasteiger partial charge < -0.3 is 0 Å². The maximum absolute atomic E-state index is 11.6. The topological polar surface area (TPSA) is 43.4 Å². The molecule has 4 heteroatoms. The molecule has 1 rings (SSSR count). The van der Waals surface area contributed by atoms with E-state index in [1.807, 2.05) is 6.08 Å². The third kappa shape index (κ3) is 4.16. The van der Waals surface area contributed by atoms with Crippen LogP contribution in [0.25, 0.3) is 0 Å². The lowest BCUT2D eigenvalue weighted by atomic mass is 10.2. The normalized spacial score (nSPS) is 11.2. The lowest BCUT2D eigenvalue weighted by Crippen LogP contribution is -2.07. The molecule has 0 amide bonds. The molecular weight excluding hydrogens is 224 g/mol. The van der Waals surface area contributed by atoms with Gasteiger partial charge in [-0.15, -0.1) is 6.58 Å². The van der Waals surface area contributed by atoms with Crippen LogP contribution in [0.15, 0.2) is 47.9 Å². The van der Waals surface area contributed by atoms with Gasteiger partial charge in [-0.1, -0.05) is 24.3 Å². The van der Waals surface area contributed by atoms with Crippen LogP contribution in [0.3, 0.4) is 0 Å². The molecule has 0 aromatic heterocycles. The van der Waals surface area contributed by atoms with Gasteiger partial charge in [0.15, 0.2) is 0 Å². The van der Waals surface area contributed by atoms with Crippen LogP contribution in [-0.4, -0.2) is 15.0 Å². The number of hydrogen-bond donors (Lipinski definition) is 0. The van der Waals surface area contributed by atoms with Crippen molar-refractivity contribution in [3.63, 3.8) is 0 Å². The van der Waals surface area contributed by atoms with Crippen LogP contribution < -0.4 is 0 Å². The van der Waals surface area contributed by atoms with E-state index < -0.39 is 10.1 Å². The van der Waals surface area contributed by atoms with Crippen LogP contribution in [0, 0.1) is 0 Å². The summed E-state index contributed by atoms with van der Waals surface area (Å²) in [5, 5.41) is 0. The first-order valence-corrected chi connectivity index (χ1v) is 6.63. The minimum absolute atomic E-state index is 0.207. The number of benzene rings is 1. The van der Waals surface area contributed by atoms with Crippen LogP contribution in [0.5, 0.6) is 0 Å². The SMILES string of the molecule is C=CCCCCOS(=O)(=O)c1ccccc1. The Morgan fingerprint density at radius 2 is 1.88 bits per heavy atom. The summed E-state index contributed by atoms with van der Waals surface area (Å²) in [4.78, 5) is 0.207. The van der Waals surface area contributed by atoms with Crippen molar-refractivity contribution in [1.82, 2.24) is 0 Å². The molecule has 0 saturated carbocycles. The third-order valence-electron chi connectivity index (χ3n) is 2.07. The zero-order chi connectivity index (χ0) is 11.9. The summed E-state index contributed by atoms with van der Waals surface area (Å²) in [5.74, 6) is 0. The molecule has 0 radical (unpaired) electrons. The number of allylic oxidation sites excluding steroid dienone is 1. The fourth-order valence-electron chi connectivity index (χ4n) is 1.21. The van der Waals surface area contributed by atoms with E-state index >= 15 is 0 Å². The van der Waals surface area contributed by atoms with Crippen molar-refractivity contribution in [1.29, 1.82) is 0 Å². The zero-order valence-electron chi connectivity index (χ0n) is 9.13. The number of unbranched alkanes of at least 4 members (excludes halogenated alkanes) is 2. The quantitative estimate of drug-likeness (QED) is 0.418. The second-order valence-electron chi connectivity index (χ2n) is 3.37. The van der Waals surface area contributed by atoms with Crippen LogP contribution in [0.2, 0.25) is 0 Å². The van der Waals surface area contributed by atoms with Gasteiger partial charge in [0.25, 0.3) is 10.1 Å². The molecular formula is C12H16O3S. The first-order chi connectivity index (χ1) is 7.67. The molecule has 0 unspecified atom stereocenters. The van der Waals surface area contributed by atoms with Gasteiger partial charge in [0, 0.05) is 0 Å². The Labute approximate surface area is 96.9 Å². The average Bonchev–Trinajstić information content (AvgIpc) is 2.30. The molecule has 0 atom stereocenters. The number of rotatable bonds is 7. The van der Waals surface area contributed by atoms with Crippen LogP contribution in [0.1, 0.15) is 19.3 Å². The van der Waals surface area contributed by atoms with E-state index in [2.05, 4.69) is 6.58 Å². The largest absolute Gasteiger partial charge is 0.296 e. The maximum atomic E-state index is 11.6. The van der Waals surface area contributed by atoms with Gasteiger partial charge in [0.1, 0.15) is 0 Å². The first kappa shape index (κ1) is 12.9. The molecule has 0 bridgehead atoms. The predicted octanol–water partition coefficient (Wildman–Crippen LogP) is 2.75. The monoisotopic (exact) mass is 240 g/mol. The second-order valence-corrected chi connectivity index (χ2v) is 4.99. The van der Waals surface area contributed by atoms with Crippen molar-refractivity contribution >= 4 is 10.1 Å². The average molecular weight is 240 g/mol. The Hall–Kier alpha value is -1.13. The maximum Gasteiger partial charge on any atom is 0.296 e. The van der Waals surface area contributed by atoms with Gasteiger partial charge >= 0.3 is 0 Å². The molecule has 3 nitrogen and oxygen atoms in total. The zero-order valence-corrected chi connectivity index (χ0v) is 9.95. The highest BCUT2D eigenvalue weighted by Crippen LogP contribution is 2.11. The summed E-state index contributed by atoms with van der Waals surface area (Å²) in [6.45, 7) is 3.82. The summed E-state index contributed by atoms with van der Waals surface area (Å²) < 4.78 is 28.1. The third-order valence-corrected chi connectivity index (χ3v) is 3.40. The minimum atomic E-state index is -3.57. The molecule has 0 spiro atoms. The van der Waals surface area contributed by atoms with Crippen molar-refractivity contribution < 1.29 is 12.6 Å². The van der Waals surface area contributed by atoms with Gasteiger partial charge in [0.05, 0.1) is 11.5 Å². The minimum Gasteiger partial charge on any atom is -0.266 e. The van der Waals surface area contributed by atoms with Crippen LogP contribution in [-0.2, 0) is 14.3 Å². The lowest BCUT2D eigenvalue weighted by Gasteiger charge is -2.04. The molecule has 88 valence electrons. The van der Waals surface area contributed by atoms with Crippen molar-refractivity contribution in [2.45, 2.75) is 24.2 Å². The molecule has 0 aliphatic carbocycles. The molecule has 1 aromatic rings. The first-order valence-electron chi connectivity index (χ1n) is 5.22. The Bertz CT molecular complexity index is 409. The van der Waals surface area contributed by atoms with E-state index in [1.54, 1.807) is 18.2 Å². The summed E-state index contributed by atoms with van der Waals surface area (Å²) in [6, 6.07) is 8.17. The highest BCUT2D eigenvalue weighted by atomic mass is 32.2. The van der Waals surface area contributed by atoms with E-state index in [0.29, 0.717) is 0 Å². The summed E-state index contributed by atoms with van der Waals surface area (Å²) in [5.41, 5.74) is 0. The molecule has 0 saturated heterocycles. The Morgan fingerprint density at radius 3 is 2.50 bits per heavy atom. The Balaban J connectivity index is 2.44. The predicted molar refractivity (Wildman–Crippen MR) is 63.6 cm³/mol. The van der Waals surface area contributed by atoms with E-state index in [9.17, 15) is 8.42 Å². The summed E-state index contributed by atoms with van der Waals surface area (Å²) in [6.07, 6.45) is 4.31. The standard InChI is InChI=1S/C12H16O3S/c1-2-3-4-8-11-15-16(13,14)12-9-6-5-7-10-12/h2,5-7,9-10H,1,3-4,8,11H2. The van der Waals surface area contributed by atoms with Gasteiger partial charge in [-0.25, -0.2) is 0 Å². The molecule has 0 aliphatic rings. The fourth-order valence-corrected chi connectivity index (χ4v) is 2.18. The van der Waals surface area contributed by atoms with Crippen molar-refractivity contribution in [2.75, 3.05) is 6.61 Å². The summed E-state index contributed by atoms with van der Waals surface area (Å²) >= 11 is 0. The summed E-state index contributed by atoms with van der Waals surface area (Å²) in [7, 11) is -3.57. The van der Waals surface area contributed by atoms with E-state index in [0.717, 1.165) is 19.3 Å². The highest BCUT2D eigenvalue weighted by Gasteiger charge is 2.13. The fraction of sp³-hybridized carbons (Fsp3) is 0.333. The molecule has 16 heavy (non-hydrogen) atoms. The van der Waals surface area contributed by atoms with Crippen molar-refractivity contribution in [3.8, 4) is 0 Å². The smallest absolute Gasteiger partial charge is 0.266 e. The van der Waals surface area contributed by atoms with Crippen molar-refractivity contribution in [3.05, 3.63) is 43.0 Å². The van der Waals surface area contributed by atoms with Crippen molar-refractivity contribution in [2.24, 2.45) is 0 Å². The Kier molecular flexibility index (Phi) is 5.22. The van der Waals surface area contributed by atoms with E-state index in [4.69, 9.17) is 4.18 Å². The Morgan fingerprint density at radius 1 is 1.19 bits per heavy atom. The van der Waals surface area contributed by atoms with Gasteiger partial charge in [-0.3, -0.25) is 4.18 Å². The molecule has 0 heterocycles. The molecule has 0 N–H and O–H groups in total. The van der Waals surface area contributed by atoms with E-state index in [-0.39, 0.29) is 11.5 Å². The molecule has 0 fully saturated rings. The van der Waals surface area contributed by atoms with Gasteiger partial charge in [-0.05, 0) is 31.4 Å². The van der Waals surface area contributed by atoms with Gasteiger partial charge in [-0.2, -0.15) is 8.42 Å². The molecule has 1 aromatic carbocycles. The van der Waals surface area contributed by atoms with Crippen LogP contribution in [0.4, 0.5) is 0 Å². The lowest BCUT2D eigenvalue weighted by molar-refractivity contribution is 0.309. The van der Waals surface area contributed by atoms with E-state index in [1.165, 1.54) is 12.1 Å². The van der Waals surface area contributed by atoms with Gasteiger partial charge in [0.2, 0.25) is 0 Å². The second kappa shape index (κ2) is 6.45. The van der Waals surface area contributed by atoms with Crippen LogP contribution >= 0.6 is 0 Å². The highest BCUT2D eigenvalue weighted by molar-refractivity contribution is 7.86. The molecule has 0 aliphatic heterocycles. The number of hydrogen-bond acceptors (Lipinski definition) is 3.